The third-order valence-electron chi connectivity index (χ3n) is 2.97. The fraction of sp³-hybridized carbons (Fsp3) is 0. The Morgan fingerprint density at radius 3 is 1.67 bits per heavy atom. The average Bonchev–Trinajstić information content (AvgIpc) is 3.18. The van der Waals surface area contributed by atoms with E-state index < -0.39 is 0 Å². The molecule has 0 fully saturated rings. The summed E-state index contributed by atoms with van der Waals surface area (Å²) in [6, 6.07) is 3.93. The predicted octanol–water partition coefficient (Wildman–Crippen LogP) is 3.59. The van der Waals surface area contributed by atoms with Crippen molar-refractivity contribution in [3.63, 3.8) is 0 Å². The first-order valence-corrected chi connectivity index (χ1v) is 8.20. The van der Waals surface area contributed by atoms with Crippen LogP contribution < -0.4 is 0 Å². The van der Waals surface area contributed by atoms with Crippen LogP contribution in [0.15, 0.2) is 45.9 Å². The fourth-order valence-corrected chi connectivity index (χ4v) is 3.21. The van der Waals surface area contributed by atoms with Crippen LogP contribution in [0.3, 0.4) is 0 Å². The topological polar surface area (TPSA) is 61.4 Å². The van der Waals surface area contributed by atoms with Gasteiger partial charge in [-0.15, -0.1) is 0 Å². The molecule has 104 valence electrons. The summed E-state index contributed by atoms with van der Waals surface area (Å²) >= 11 is 7.98. The van der Waals surface area contributed by atoms with Crippen molar-refractivity contribution in [1.29, 1.82) is 0 Å². The van der Waals surface area contributed by atoms with E-state index in [0.29, 0.717) is 0 Å². The van der Waals surface area contributed by atoms with Gasteiger partial charge in [0, 0.05) is 12.4 Å². The van der Waals surface area contributed by atoms with Gasteiger partial charge in [0.25, 0.3) is 0 Å². The Labute approximate surface area is 140 Å². The minimum absolute atomic E-state index is 0.805. The lowest BCUT2D eigenvalue weighted by Crippen LogP contribution is -2.00. The molecule has 0 aliphatic heterocycles. The number of halogens is 2. The SMILES string of the molecule is Brc1cnn(-c2ccc(-n3cc(Br)cn3)c3nsnc23)c1. The number of hydrogen-bond donors (Lipinski definition) is 0. The lowest BCUT2D eigenvalue weighted by Gasteiger charge is -2.06. The first-order chi connectivity index (χ1) is 10.2. The standard InChI is InChI=1S/C12H6Br2N6S/c13-7-3-15-19(5-7)9-1-2-10(12-11(9)17-21-18-12)20-6-8(14)4-16-20/h1-6H. The highest BCUT2D eigenvalue weighted by molar-refractivity contribution is 9.10. The van der Waals surface area contributed by atoms with Crippen LogP contribution >= 0.6 is 43.6 Å². The van der Waals surface area contributed by atoms with E-state index in [2.05, 4.69) is 50.8 Å². The molecule has 0 atom stereocenters. The molecule has 0 unspecified atom stereocenters. The lowest BCUT2D eigenvalue weighted by atomic mass is 10.2. The molecule has 0 spiro atoms. The first-order valence-electron chi connectivity index (χ1n) is 5.89. The average molecular weight is 426 g/mol. The molecule has 4 rings (SSSR count). The van der Waals surface area contributed by atoms with E-state index in [1.54, 1.807) is 21.8 Å². The van der Waals surface area contributed by atoms with Gasteiger partial charge in [0.15, 0.2) is 0 Å². The van der Waals surface area contributed by atoms with E-state index in [1.165, 1.54) is 11.7 Å². The van der Waals surface area contributed by atoms with Gasteiger partial charge in [-0.05, 0) is 44.0 Å². The quantitative estimate of drug-likeness (QED) is 0.492. The summed E-state index contributed by atoms with van der Waals surface area (Å²) in [6.07, 6.45) is 7.25. The molecule has 0 bridgehead atoms. The van der Waals surface area contributed by atoms with Crippen LogP contribution in [0.25, 0.3) is 22.4 Å². The van der Waals surface area contributed by atoms with E-state index in [9.17, 15) is 0 Å². The Balaban J connectivity index is 1.96. The summed E-state index contributed by atoms with van der Waals surface area (Å²) in [5.74, 6) is 0. The highest BCUT2D eigenvalue weighted by atomic mass is 79.9. The molecule has 0 radical (unpaired) electrons. The number of hydrogen-bond acceptors (Lipinski definition) is 5. The van der Waals surface area contributed by atoms with E-state index in [4.69, 9.17) is 0 Å². The molecule has 0 N–H and O–H groups in total. The van der Waals surface area contributed by atoms with Crippen molar-refractivity contribution < 1.29 is 0 Å². The second-order valence-electron chi connectivity index (χ2n) is 4.27. The van der Waals surface area contributed by atoms with Crippen LogP contribution in [0.2, 0.25) is 0 Å². The molecule has 1 aromatic carbocycles. The van der Waals surface area contributed by atoms with Gasteiger partial charge in [0.05, 0.1) is 44.4 Å². The zero-order chi connectivity index (χ0) is 14.4. The number of aromatic nitrogens is 6. The molecule has 3 heterocycles. The van der Waals surface area contributed by atoms with Crippen LogP contribution in [0.5, 0.6) is 0 Å². The van der Waals surface area contributed by atoms with Crippen molar-refractivity contribution >= 4 is 54.6 Å². The van der Waals surface area contributed by atoms with E-state index in [-0.39, 0.29) is 0 Å². The monoisotopic (exact) mass is 424 g/mol. The second-order valence-corrected chi connectivity index (χ2v) is 6.63. The molecule has 0 saturated heterocycles. The van der Waals surface area contributed by atoms with Crippen LogP contribution in [-0.4, -0.2) is 28.3 Å². The Bertz CT molecular complexity index is 866. The molecular weight excluding hydrogens is 420 g/mol. The van der Waals surface area contributed by atoms with E-state index in [0.717, 1.165) is 31.4 Å². The van der Waals surface area contributed by atoms with E-state index >= 15 is 0 Å². The number of fused-ring (bicyclic) bond motifs is 1. The van der Waals surface area contributed by atoms with Crippen LogP contribution in [0.1, 0.15) is 0 Å². The van der Waals surface area contributed by atoms with Crippen molar-refractivity contribution in [2.24, 2.45) is 0 Å². The molecule has 21 heavy (non-hydrogen) atoms. The van der Waals surface area contributed by atoms with Crippen molar-refractivity contribution in [2.75, 3.05) is 0 Å². The Morgan fingerprint density at radius 2 is 1.29 bits per heavy atom. The van der Waals surface area contributed by atoms with Gasteiger partial charge in [0.2, 0.25) is 0 Å². The van der Waals surface area contributed by atoms with Crippen LogP contribution in [0.4, 0.5) is 0 Å². The van der Waals surface area contributed by atoms with Crippen molar-refractivity contribution in [3.05, 3.63) is 45.9 Å². The number of rotatable bonds is 2. The zero-order valence-electron chi connectivity index (χ0n) is 10.3. The normalized spacial score (nSPS) is 11.3. The summed E-state index contributed by atoms with van der Waals surface area (Å²) in [5.41, 5.74) is 3.39. The molecular formula is C12H6Br2N6S. The molecule has 9 heteroatoms. The lowest BCUT2D eigenvalue weighted by molar-refractivity contribution is 0.873. The van der Waals surface area contributed by atoms with Gasteiger partial charge < -0.3 is 0 Å². The summed E-state index contributed by atoms with van der Waals surface area (Å²) in [5, 5.41) is 8.60. The highest BCUT2D eigenvalue weighted by Gasteiger charge is 2.14. The fourth-order valence-electron chi connectivity index (χ4n) is 2.08. The maximum absolute atomic E-state index is 4.40. The minimum Gasteiger partial charge on any atom is -0.237 e. The third kappa shape index (κ3) is 2.21. The minimum atomic E-state index is 0.805. The summed E-state index contributed by atoms with van der Waals surface area (Å²) < 4.78 is 14.2. The van der Waals surface area contributed by atoms with Crippen LogP contribution in [-0.2, 0) is 0 Å². The Kier molecular flexibility index (Phi) is 3.12. The van der Waals surface area contributed by atoms with E-state index in [1.807, 2.05) is 24.5 Å². The van der Waals surface area contributed by atoms with Gasteiger partial charge in [0.1, 0.15) is 11.0 Å². The van der Waals surface area contributed by atoms with Crippen molar-refractivity contribution in [2.45, 2.75) is 0 Å². The Hall–Kier alpha value is -1.58. The van der Waals surface area contributed by atoms with Gasteiger partial charge in [-0.2, -0.15) is 18.9 Å². The molecule has 6 nitrogen and oxygen atoms in total. The molecule has 4 aromatic rings. The third-order valence-corrected chi connectivity index (χ3v) is 4.32. The summed E-state index contributed by atoms with van der Waals surface area (Å²) in [6.45, 7) is 0. The molecule has 0 saturated carbocycles. The summed E-state index contributed by atoms with van der Waals surface area (Å²) in [4.78, 5) is 0. The largest absolute Gasteiger partial charge is 0.237 e. The van der Waals surface area contributed by atoms with Crippen LogP contribution in [0, 0.1) is 0 Å². The Morgan fingerprint density at radius 1 is 0.810 bits per heavy atom. The van der Waals surface area contributed by atoms with Gasteiger partial charge in [-0.3, -0.25) is 0 Å². The molecule has 0 aliphatic rings. The second kappa shape index (κ2) is 5.00. The number of nitrogens with zero attached hydrogens (tertiary/aromatic N) is 6. The molecule has 3 aromatic heterocycles. The van der Waals surface area contributed by atoms with Gasteiger partial charge in [-0.1, -0.05) is 0 Å². The first kappa shape index (κ1) is 13.1. The molecule has 0 amide bonds. The van der Waals surface area contributed by atoms with Gasteiger partial charge >= 0.3 is 0 Å². The van der Waals surface area contributed by atoms with Crippen molar-refractivity contribution in [1.82, 2.24) is 28.3 Å². The maximum atomic E-state index is 4.40. The zero-order valence-corrected chi connectivity index (χ0v) is 14.3. The highest BCUT2D eigenvalue weighted by Crippen LogP contribution is 2.27. The number of benzene rings is 1. The summed E-state index contributed by atoms with van der Waals surface area (Å²) in [7, 11) is 0. The van der Waals surface area contributed by atoms with Crippen molar-refractivity contribution in [3.8, 4) is 11.4 Å². The smallest absolute Gasteiger partial charge is 0.132 e. The van der Waals surface area contributed by atoms with Gasteiger partial charge in [-0.25, -0.2) is 9.36 Å². The predicted molar refractivity (Wildman–Crippen MR) is 87.1 cm³/mol. The maximum Gasteiger partial charge on any atom is 0.132 e. The molecule has 0 aliphatic carbocycles.